The van der Waals surface area contributed by atoms with Crippen molar-refractivity contribution in [3.63, 3.8) is 0 Å². The molecule has 1 saturated heterocycles. The highest BCUT2D eigenvalue weighted by atomic mass is 28.4. The van der Waals surface area contributed by atoms with Crippen LogP contribution < -0.4 is 0 Å². The second-order valence-electron chi connectivity index (χ2n) is 13.8. The predicted molar refractivity (Wildman–Crippen MR) is 176 cm³/mol. The Morgan fingerprint density at radius 3 is 1.85 bits per heavy atom. The van der Waals surface area contributed by atoms with Gasteiger partial charge in [0.1, 0.15) is 6.10 Å². The van der Waals surface area contributed by atoms with Crippen LogP contribution in [-0.4, -0.2) is 37.8 Å². The highest BCUT2D eigenvalue weighted by Gasteiger charge is 2.43. The van der Waals surface area contributed by atoms with Crippen molar-refractivity contribution < 1.29 is 14.3 Å². The lowest BCUT2D eigenvalue weighted by Gasteiger charge is -2.41. The third kappa shape index (κ3) is 16.6. The van der Waals surface area contributed by atoms with Gasteiger partial charge in [-0.3, -0.25) is 0 Å². The van der Waals surface area contributed by atoms with Gasteiger partial charge in [-0.2, -0.15) is 0 Å². The van der Waals surface area contributed by atoms with E-state index in [2.05, 4.69) is 58.6 Å². The van der Waals surface area contributed by atoms with Gasteiger partial charge in [0.2, 0.25) is 0 Å². The molecule has 0 aromatic heterocycles. The SMILES string of the molecule is C#CCCCCCCCCC#C[C@@H](O)[C@H]1CC[C@H]([C@@H](CCCCCCCCCCCC)O[Si](C)(C)C(C)(C)C)O1. The van der Waals surface area contributed by atoms with Gasteiger partial charge in [0.05, 0.1) is 18.3 Å². The molecule has 4 atom stereocenters. The van der Waals surface area contributed by atoms with Crippen LogP contribution in [0.4, 0.5) is 0 Å². The Balaban J connectivity index is 2.46. The smallest absolute Gasteiger partial charge is 0.192 e. The molecule has 1 rings (SSSR count). The van der Waals surface area contributed by atoms with Gasteiger partial charge in [0.15, 0.2) is 8.32 Å². The van der Waals surface area contributed by atoms with Crippen LogP contribution in [0.15, 0.2) is 0 Å². The molecule has 4 heteroatoms. The third-order valence-electron chi connectivity index (χ3n) is 9.07. The molecule has 232 valence electrons. The van der Waals surface area contributed by atoms with E-state index in [0.717, 1.165) is 44.9 Å². The average molecular weight is 575 g/mol. The van der Waals surface area contributed by atoms with Crippen LogP contribution in [0, 0.1) is 24.2 Å². The highest BCUT2D eigenvalue weighted by Crippen LogP contribution is 2.40. The maximum Gasteiger partial charge on any atom is 0.192 e. The second-order valence-corrected chi connectivity index (χ2v) is 18.5. The Hall–Kier alpha value is -0.783. The Morgan fingerprint density at radius 2 is 1.30 bits per heavy atom. The summed E-state index contributed by atoms with van der Waals surface area (Å²) in [4.78, 5) is 0. The number of hydrogen-bond donors (Lipinski definition) is 1. The van der Waals surface area contributed by atoms with E-state index in [-0.39, 0.29) is 23.4 Å². The number of ether oxygens (including phenoxy) is 1. The zero-order chi connectivity index (χ0) is 29.7. The van der Waals surface area contributed by atoms with E-state index in [1.165, 1.54) is 89.9 Å². The van der Waals surface area contributed by atoms with Crippen LogP contribution in [-0.2, 0) is 9.16 Å². The largest absolute Gasteiger partial charge is 0.411 e. The summed E-state index contributed by atoms with van der Waals surface area (Å²) < 4.78 is 13.4. The van der Waals surface area contributed by atoms with Gasteiger partial charge < -0.3 is 14.3 Å². The summed E-state index contributed by atoms with van der Waals surface area (Å²) in [5, 5.41) is 10.9. The van der Waals surface area contributed by atoms with E-state index < -0.39 is 14.4 Å². The van der Waals surface area contributed by atoms with Crippen LogP contribution in [0.3, 0.4) is 0 Å². The van der Waals surface area contributed by atoms with Crippen LogP contribution in [0.1, 0.15) is 163 Å². The molecular weight excluding hydrogens is 508 g/mol. The first kappa shape index (κ1) is 37.2. The lowest BCUT2D eigenvalue weighted by molar-refractivity contribution is -0.0600. The van der Waals surface area contributed by atoms with E-state index in [4.69, 9.17) is 15.6 Å². The van der Waals surface area contributed by atoms with Gasteiger partial charge in [-0.1, -0.05) is 124 Å². The number of aliphatic hydroxyl groups excluding tert-OH is 1. The Morgan fingerprint density at radius 1 is 0.800 bits per heavy atom. The van der Waals surface area contributed by atoms with Crippen molar-refractivity contribution >= 4 is 8.32 Å². The molecule has 1 heterocycles. The monoisotopic (exact) mass is 574 g/mol. The van der Waals surface area contributed by atoms with Crippen molar-refractivity contribution in [2.45, 2.75) is 205 Å². The first-order valence-corrected chi connectivity index (χ1v) is 20.0. The van der Waals surface area contributed by atoms with Crippen molar-refractivity contribution in [3.8, 4) is 24.2 Å². The third-order valence-corrected chi connectivity index (χ3v) is 13.6. The molecule has 40 heavy (non-hydrogen) atoms. The second kappa shape index (κ2) is 21.9. The molecule has 0 unspecified atom stereocenters. The van der Waals surface area contributed by atoms with Crippen molar-refractivity contribution in [2.24, 2.45) is 0 Å². The topological polar surface area (TPSA) is 38.7 Å². The maximum absolute atomic E-state index is 10.8. The molecule has 3 nitrogen and oxygen atoms in total. The number of aliphatic hydroxyl groups is 1. The summed E-state index contributed by atoms with van der Waals surface area (Å²) in [6.07, 6.45) is 29.9. The molecule has 0 spiro atoms. The number of hydrogen-bond acceptors (Lipinski definition) is 3. The summed E-state index contributed by atoms with van der Waals surface area (Å²) >= 11 is 0. The molecule has 0 amide bonds. The Kier molecular flexibility index (Phi) is 20.3. The normalized spacial score (nSPS) is 19.1. The van der Waals surface area contributed by atoms with E-state index >= 15 is 0 Å². The van der Waals surface area contributed by atoms with E-state index in [1.807, 2.05) is 0 Å². The fourth-order valence-corrected chi connectivity index (χ4v) is 6.70. The molecule has 0 aliphatic carbocycles. The van der Waals surface area contributed by atoms with Gasteiger partial charge in [-0.05, 0) is 50.2 Å². The molecule has 0 aromatic carbocycles. The van der Waals surface area contributed by atoms with E-state index in [1.54, 1.807) is 0 Å². The number of terminal acetylenes is 1. The molecule has 1 fully saturated rings. The van der Waals surface area contributed by atoms with Gasteiger partial charge in [-0.15, -0.1) is 18.3 Å². The van der Waals surface area contributed by atoms with Gasteiger partial charge in [0, 0.05) is 12.8 Å². The Labute approximate surface area is 251 Å². The molecular formula is C36H66O3Si. The van der Waals surface area contributed by atoms with Crippen LogP contribution >= 0.6 is 0 Å². The first-order valence-electron chi connectivity index (χ1n) is 17.1. The van der Waals surface area contributed by atoms with Crippen molar-refractivity contribution in [2.75, 3.05) is 0 Å². The summed E-state index contributed by atoms with van der Waals surface area (Å²) in [5.41, 5.74) is 0. The van der Waals surface area contributed by atoms with Crippen molar-refractivity contribution in [3.05, 3.63) is 0 Å². The number of unbranched alkanes of at least 4 members (excludes halogenated alkanes) is 16. The minimum Gasteiger partial charge on any atom is -0.411 e. The minimum atomic E-state index is -1.91. The summed E-state index contributed by atoms with van der Waals surface area (Å²) in [6, 6.07) is 0. The van der Waals surface area contributed by atoms with Crippen LogP contribution in [0.25, 0.3) is 0 Å². The quantitative estimate of drug-likeness (QED) is 0.0794. The summed E-state index contributed by atoms with van der Waals surface area (Å²) in [7, 11) is -1.91. The zero-order valence-corrected chi connectivity index (χ0v) is 28.5. The van der Waals surface area contributed by atoms with Gasteiger partial charge >= 0.3 is 0 Å². The number of rotatable bonds is 22. The molecule has 1 N–H and O–H groups in total. The molecule has 1 aliphatic heterocycles. The predicted octanol–water partition coefficient (Wildman–Crippen LogP) is 10.4. The highest BCUT2D eigenvalue weighted by molar-refractivity contribution is 6.74. The maximum atomic E-state index is 10.8. The standard InChI is InChI=1S/C36H66O3Si/c1-8-10-12-14-16-18-20-22-24-26-28-32(37)33-30-31-34(38-33)35(39-40(6,7)36(3,4)5)29-27-25-23-21-19-17-15-13-11-9-2/h1,32-35,37H,9-25,27,29-31H2,2-7H3/t32-,33-,34-,35-/m1/s1. The zero-order valence-electron chi connectivity index (χ0n) is 27.5. The summed E-state index contributed by atoms with van der Waals surface area (Å²) in [5.74, 6) is 9.02. The first-order chi connectivity index (χ1) is 19.1. The van der Waals surface area contributed by atoms with Crippen molar-refractivity contribution in [1.82, 2.24) is 0 Å². The molecule has 0 bridgehead atoms. The Bertz CT molecular complexity index is 723. The van der Waals surface area contributed by atoms with E-state index in [9.17, 15) is 5.11 Å². The van der Waals surface area contributed by atoms with Crippen molar-refractivity contribution in [1.29, 1.82) is 0 Å². The average Bonchev–Trinajstić information content (AvgIpc) is 3.40. The van der Waals surface area contributed by atoms with Gasteiger partial charge in [0.25, 0.3) is 0 Å². The molecule has 0 radical (unpaired) electrons. The van der Waals surface area contributed by atoms with E-state index in [0.29, 0.717) is 0 Å². The molecule has 1 aliphatic rings. The fraction of sp³-hybridized carbons (Fsp3) is 0.889. The summed E-state index contributed by atoms with van der Waals surface area (Å²) in [6.45, 7) is 13.9. The van der Waals surface area contributed by atoms with Crippen LogP contribution in [0.5, 0.6) is 0 Å². The lowest BCUT2D eigenvalue weighted by Crippen LogP contribution is -2.47. The molecule has 0 aromatic rings. The van der Waals surface area contributed by atoms with Gasteiger partial charge in [-0.25, -0.2) is 0 Å². The lowest BCUT2D eigenvalue weighted by atomic mass is 10.0. The molecule has 0 saturated carbocycles. The van der Waals surface area contributed by atoms with Crippen LogP contribution in [0.2, 0.25) is 18.1 Å². The minimum absolute atomic E-state index is 0.0728. The fourth-order valence-electron chi connectivity index (χ4n) is 5.32.